The SMILES string of the molecule is CCC(CC)(CCl)NS(=O)(=O)c1cncc(F)c1. The fourth-order valence-electron chi connectivity index (χ4n) is 1.49. The number of nitrogens with zero attached hydrogens (tertiary/aromatic N) is 1. The highest BCUT2D eigenvalue weighted by Gasteiger charge is 2.31. The van der Waals surface area contributed by atoms with Crippen molar-refractivity contribution in [2.75, 3.05) is 5.88 Å². The van der Waals surface area contributed by atoms with Crippen LogP contribution in [-0.4, -0.2) is 24.8 Å². The predicted molar refractivity (Wildman–Crippen MR) is 68.5 cm³/mol. The van der Waals surface area contributed by atoms with Crippen molar-refractivity contribution in [1.82, 2.24) is 9.71 Å². The Balaban J connectivity index is 3.08. The minimum Gasteiger partial charge on any atom is -0.260 e. The van der Waals surface area contributed by atoms with Gasteiger partial charge in [0.25, 0.3) is 0 Å². The van der Waals surface area contributed by atoms with Crippen molar-refractivity contribution in [3.8, 4) is 0 Å². The van der Waals surface area contributed by atoms with E-state index in [-0.39, 0.29) is 10.8 Å². The van der Waals surface area contributed by atoms with Crippen molar-refractivity contribution < 1.29 is 12.8 Å². The fraction of sp³-hybridized carbons (Fsp3) is 0.545. The molecule has 1 heterocycles. The number of nitrogens with one attached hydrogen (secondary N) is 1. The highest BCUT2D eigenvalue weighted by Crippen LogP contribution is 2.21. The number of aromatic nitrogens is 1. The Hall–Kier alpha value is -0.720. The van der Waals surface area contributed by atoms with Gasteiger partial charge in [-0.25, -0.2) is 17.5 Å². The van der Waals surface area contributed by atoms with Crippen LogP contribution in [0.3, 0.4) is 0 Å². The largest absolute Gasteiger partial charge is 0.260 e. The van der Waals surface area contributed by atoms with E-state index >= 15 is 0 Å². The lowest BCUT2D eigenvalue weighted by Gasteiger charge is -2.30. The van der Waals surface area contributed by atoms with Gasteiger partial charge >= 0.3 is 0 Å². The van der Waals surface area contributed by atoms with Gasteiger partial charge in [0.15, 0.2) is 0 Å². The Morgan fingerprint density at radius 2 is 2.00 bits per heavy atom. The summed E-state index contributed by atoms with van der Waals surface area (Å²) >= 11 is 5.83. The van der Waals surface area contributed by atoms with Gasteiger partial charge in [-0.1, -0.05) is 13.8 Å². The highest BCUT2D eigenvalue weighted by molar-refractivity contribution is 7.89. The molecule has 0 radical (unpaired) electrons. The van der Waals surface area contributed by atoms with E-state index in [1.54, 1.807) is 0 Å². The smallest absolute Gasteiger partial charge is 0.242 e. The topological polar surface area (TPSA) is 59.1 Å². The van der Waals surface area contributed by atoms with Gasteiger partial charge in [0.2, 0.25) is 10.0 Å². The van der Waals surface area contributed by atoms with Gasteiger partial charge in [-0.15, -0.1) is 11.6 Å². The minimum absolute atomic E-state index is 0.155. The first-order valence-corrected chi connectivity index (χ1v) is 7.61. The molecule has 102 valence electrons. The van der Waals surface area contributed by atoms with Gasteiger partial charge in [-0.2, -0.15) is 0 Å². The molecule has 0 spiro atoms. The second kappa shape index (κ2) is 5.95. The van der Waals surface area contributed by atoms with E-state index < -0.39 is 21.4 Å². The number of rotatable bonds is 6. The average molecular weight is 295 g/mol. The summed E-state index contributed by atoms with van der Waals surface area (Å²) in [5.41, 5.74) is -0.716. The number of hydrogen-bond donors (Lipinski definition) is 1. The number of sulfonamides is 1. The van der Waals surface area contributed by atoms with Gasteiger partial charge in [-0.3, -0.25) is 4.98 Å². The van der Waals surface area contributed by atoms with Crippen molar-refractivity contribution >= 4 is 21.6 Å². The summed E-state index contributed by atoms with van der Waals surface area (Å²) in [5.74, 6) is -0.538. The molecular formula is C11H16ClFN2O2S. The van der Waals surface area contributed by atoms with Crippen molar-refractivity contribution in [3.05, 3.63) is 24.3 Å². The van der Waals surface area contributed by atoms with Crippen LogP contribution in [-0.2, 0) is 10.0 Å². The highest BCUT2D eigenvalue weighted by atomic mass is 35.5. The fourth-order valence-corrected chi connectivity index (χ4v) is 3.53. The zero-order valence-corrected chi connectivity index (χ0v) is 11.9. The van der Waals surface area contributed by atoms with Crippen LogP contribution in [0.1, 0.15) is 26.7 Å². The van der Waals surface area contributed by atoms with Crippen LogP contribution >= 0.6 is 11.6 Å². The second-order valence-corrected chi connectivity index (χ2v) is 6.02. The van der Waals surface area contributed by atoms with Gasteiger partial charge in [0.1, 0.15) is 10.7 Å². The molecule has 1 rings (SSSR count). The third kappa shape index (κ3) is 3.40. The standard InChI is InChI=1S/C11H16ClFN2O2S/c1-3-11(4-2,8-12)15-18(16,17)10-5-9(13)6-14-7-10/h5-7,15H,3-4,8H2,1-2H3. The normalized spacial score (nSPS) is 12.7. The maximum absolute atomic E-state index is 13.0. The van der Waals surface area contributed by atoms with Crippen LogP contribution in [0.15, 0.2) is 23.4 Å². The van der Waals surface area contributed by atoms with Crippen molar-refractivity contribution in [1.29, 1.82) is 0 Å². The molecule has 0 aliphatic heterocycles. The lowest BCUT2D eigenvalue weighted by Crippen LogP contribution is -2.49. The summed E-state index contributed by atoms with van der Waals surface area (Å²) in [7, 11) is -3.81. The zero-order chi connectivity index (χ0) is 13.8. The first kappa shape index (κ1) is 15.3. The Labute approximate surface area is 112 Å². The second-order valence-electron chi connectivity index (χ2n) is 4.07. The lowest BCUT2D eigenvalue weighted by atomic mass is 9.97. The summed E-state index contributed by atoms with van der Waals surface area (Å²) < 4.78 is 39.7. The number of alkyl halides is 1. The third-order valence-corrected chi connectivity index (χ3v) is 5.01. The lowest BCUT2D eigenvalue weighted by molar-refractivity contribution is 0.393. The monoisotopic (exact) mass is 294 g/mol. The van der Waals surface area contributed by atoms with E-state index in [9.17, 15) is 12.8 Å². The molecule has 0 fully saturated rings. The zero-order valence-electron chi connectivity index (χ0n) is 10.3. The molecule has 7 heteroatoms. The summed E-state index contributed by atoms with van der Waals surface area (Å²) in [6.45, 7) is 3.69. The van der Waals surface area contributed by atoms with Crippen LogP contribution in [0.4, 0.5) is 4.39 Å². The molecule has 18 heavy (non-hydrogen) atoms. The van der Waals surface area contributed by atoms with E-state index in [1.807, 2.05) is 13.8 Å². The van der Waals surface area contributed by atoms with E-state index in [2.05, 4.69) is 9.71 Å². The number of halogens is 2. The van der Waals surface area contributed by atoms with E-state index in [0.717, 1.165) is 18.5 Å². The Bertz CT molecular complexity index is 495. The maximum atomic E-state index is 13.0. The van der Waals surface area contributed by atoms with Crippen LogP contribution in [0, 0.1) is 5.82 Å². The maximum Gasteiger partial charge on any atom is 0.242 e. The molecule has 0 aromatic carbocycles. The van der Waals surface area contributed by atoms with Gasteiger partial charge in [0.05, 0.1) is 6.20 Å². The first-order valence-electron chi connectivity index (χ1n) is 5.59. The Kier molecular flexibility index (Phi) is 5.07. The van der Waals surface area contributed by atoms with Gasteiger partial charge < -0.3 is 0 Å². The number of pyridine rings is 1. The molecule has 1 aromatic rings. The molecule has 4 nitrogen and oxygen atoms in total. The van der Waals surface area contributed by atoms with Crippen LogP contribution in [0.25, 0.3) is 0 Å². The molecule has 0 unspecified atom stereocenters. The van der Waals surface area contributed by atoms with Crippen LogP contribution in [0.2, 0.25) is 0 Å². The molecule has 0 bridgehead atoms. The molecule has 0 aliphatic rings. The van der Waals surface area contributed by atoms with Crippen molar-refractivity contribution in [2.24, 2.45) is 0 Å². The molecule has 0 aliphatic carbocycles. The third-order valence-electron chi connectivity index (χ3n) is 2.95. The van der Waals surface area contributed by atoms with Crippen molar-refractivity contribution in [3.63, 3.8) is 0 Å². The van der Waals surface area contributed by atoms with Crippen LogP contribution < -0.4 is 4.72 Å². The van der Waals surface area contributed by atoms with Gasteiger partial charge in [0, 0.05) is 17.6 Å². The molecule has 1 aromatic heterocycles. The van der Waals surface area contributed by atoms with Crippen LogP contribution in [0.5, 0.6) is 0 Å². The van der Waals surface area contributed by atoms with E-state index in [0.29, 0.717) is 12.8 Å². The molecule has 0 saturated heterocycles. The summed E-state index contributed by atoms with van der Waals surface area (Å²) in [4.78, 5) is 3.34. The molecule has 0 amide bonds. The predicted octanol–water partition coefficient (Wildman–Crippen LogP) is 2.30. The molecule has 1 N–H and O–H groups in total. The first-order chi connectivity index (χ1) is 8.39. The quantitative estimate of drug-likeness (QED) is 0.819. The number of hydrogen-bond acceptors (Lipinski definition) is 3. The molecule has 0 saturated carbocycles. The summed E-state index contributed by atoms with van der Waals surface area (Å²) in [5, 5.41) is 0. The van der Waals surface area contributed by atoms with E-state index in [1.165, 1.54) is 0 Å². The van der Waals surface area contributed by atoms with E-state index in [4.69, 9.17) is 11.6 Å². The summed E-state index contributed by atoms with van der Waals surface area (Å²) in [6, 6.07) is 0.930. The average Bonchev–Trinajstić information content (AvgIpc) is 2.36. The Morgan fingerprint density at radius 3 is 2.44 bits per heavy atom. The molecule has 0 atom stereocenters. The van der Waals surface area contributed by atoms with Gasteiger partial charge in [-0.05, 0) is 18.9 Å². The summed E-state index contributed by atoms with van der Waals surface area (Å²) in [6.07, 6.45) is 3.16. The minimum atomic E-state index is -3.81. The Morgan fingerprint density at radius 1 is 1.39 bits per heavy atom. The van der Waals surface area contributed by atoms with Crippen molar-refractivity contribution in [2.45, 2.75) is 37.1 Å². The molecular weight excluding hydrogens is 279 g/mol.